The smallest absolute Gasteiger partial charge is 0.246 e. The van der Waals surface area contributed by atoms with E-state index in [2.05, 4.69) is 11.6 Å². The fourth-order valence-electron chi connectivity index (χ4n) is 1.67. The molecular formula is C15H23NO3S. The van der Waals surface area contributed by atoms with E-state index in [-0.39, 0.29) is 18.6 Å². The van der Waals surface area contributed by atoms with Crippen LogP contribution in [0.3, 0.4) is 0 Å². The third-order valence-electron chi connectivity index (χ3n) is 2.85. The number of hydrogen-bond donors (Lipinski definition) is 1. The van der Waals surface area contributed by atoms with Gasteiger partial charge in [0.25, 0.3) is 0 Å². The zero-order valence-corrected chi connectivity index (χ0v) is 12.9. The topological polar surface area (TPSA) is 47.6 Å². The molecule has 0 heterocycles. The molecule has 0 fully saturated rings. The number of nitrogens with one attached hydrogen (secondary N) is 1. The van der Waals surface area contributed by atoms with Crippen LogP contribution in [0.15, 0.2) is 30.3 Å². The van der Waals surface area contributed by atoms with E-state index < -0.39 is 0 Å². The molecule has 1 atom stereocenters. The van der Waals surface area contributed by atoms with Crippen molar-refractivity contribution in [1.29, 1.82) is 0 Å². The minimum Gasteiger partial charge on any atom is -0.380 e. The Bertz CT molecular complexity index is 373. The van der Waals surface area contributed by atoms with Crippen molar-refractivity contribution in [2.45, 2.75) is 19.1 Å². The van der Waals surface area contributed by atoms with Crippen molar-refractivity contribution in [2.24, 2.45) is 0 Å². The average Bonchev–Trinajstić information content (AvgIpc) is 2.48. The first-order chi connectivity index (χ1) is 9.76. The van der Waals surface area contributed by atoms with E-state index in [9.17, 15) is 4.79 Å². The van der Waals surface area contributed by atoms with E-state index in [0.29, 0.717) is 13.2 Å². The molecule has 0 aliphatic heterocycles. The van der Waals surface area contributed by atoms with Crippen molar-refractivity contribution in [3.05, 3.63) is 35.9 Å². The van der Waals surface area contributed by atoms with Crippen molar-refractivity contribution in [1.82, 2.24) is 5.32 Å². The van der Waals surface area contributed by atoms with Crippen LogP contribution in [0.1, 0.15) is 12.0 Å². The summed E-state index contributed by atoms with van der Waals surface area (Å²) in [6.07, 6.45) is 3.06. The molecule has 4 nitrogen and oxygen atoms in total. The Balaban J connectivity index is 2.13. The molecule has 1 N–H and O–H groups in total. The van der Waals surface area contributed by atoms with E-state index >= 15 is 0 Å². The van der Waals surface area contributed by atoms with Crippen LogP contribution in [0.5, 0.6) is 0 Å². The minimum atomic E-state index is -0.105. The molecule has 1 aromatic rings. The first kappa shape index (κ1) is 17.0. The fraction of sp³-hybridized carbons (Fsp3) is 0.533. The maximum atomic E-state index is 11.6. The lowest BCUT2D eigenvalue weighted by Gasteiger charge is -2.15. The largest absolute Gasteiger partial charge is 0.380 e. The highest BCUT2D eigenvalue weighted by Crippen LogP contribution is 2.03. The van der Waals surface area contributed by atoms with Gasteiger partial charge in [-0.05, 0) is 24.0 Å². The zero-order valence-electron chi connectivity index (χ0n) is 12.1. The van der Waals surface area contributed by atoms with E-state index in [1.165, 1.54) is 0 Å². The van der Waals surface area contributed by atoms with Gasteiger partial charge in [0.2, 0.25) is 5.91 Å². The highest BCUT2D eigenvalue weighted by atomic mass is 32.2. The maximum Gasteiger partial charge on any atom is 0.246 e. The summed E-state index contributed by atoms with van der Waals surface area (Å²) in [6.45, 7) is 1.06. The molecule has 1 unspecified atom stereocenters. The lowest BCUT2D eigenvalue weighted by molar-refractivity contribution is -0.126. The van der Waals surface area contributed by atoms with Gasteiger partial charge in [0.15, 0.2) is 0 Å². The molecule has 0 saturated carbocycles. The van der Waals surface area contributed by atoms with Gasteiger partial charge in [0.1, 0.15) is 6.61 Å². The SMILES string of the molecule is COC(CCSC)CNC(=O)COCc1ccccc1. The Hall–Kier alpha value is -1.04. The van der Waals surface area contributed by atoms with Crippen molar-refractivity contribution < 1.29 is 14.3 Å². The Kier molecular flexibility index (Phi) is 9.11. The Labute approximate surface area is 125 Å². The third-order valence-corrected chi connectivity index (χ3v) is 3.49. The molecule has 1 amide bonds. The molecule has 20 heavy (non-hydrogen) atoms. The molecule has 0 spiro atoms. The van der Waals surface area contributed by atoms with Crippen molar-refractivity contribution in [2.75, 3.05) is 32.3 Å². The van der Waals surface area contributed by atoms with Crippen molar-refractivity contribution in [3.63, 3.8) is 0 Å². The van der Waals surface area contributed by atoms with Crippen LogP contribution < -0.4 is 5.32 Å². The third kappa shape index (κ3) is 7.53. The summed E-state index contributed by atoms with van der Waals surface area (Å²) in [4.78, 5) is 11.6. The maximum absolute atomic E-state index is 11.6. The number of benzene rings is 1. The monoisotopic (exact) mass is 297 g/mol. The van der Waals surface area contributed by atoms with Gasteiger partial charge in [-0.1, -0.05) is 30.3 Å². The van der Waals surface area contributed by atoms with Gasteiger partial charge in [0, 0.05) is 13.7 Å². The number of methoxy groups -OCH3 is 1. The van der Waals surface area contributed by atoms with Gasteiger partial charge in [-0.3, -0.25) is 4.79 Å². The summed E-state index contributed by atoms with van der Waals surface area (Å²) in [5.41, 5.74) is 1.06. The number of carbonyl (C=O) groups excluding carboxylic acids is 1. The summed E-state index contributed by atoms with van der Waals surface area (Å²) in [7, 11) is 1.67. The van der Waals surface area contributed by atoms with Crippen LogP contribution in [-0.4, -0.2) is 44.3 Å². The summed E-state index contributed by atoms with van der Waals surface area (Å²) in [5.74, 6) is 0.922. The van der Waals surface area contributed by atoms with Gasteiger partial charge >= 0.3 is 0 Å². The van der Waals surface area contributed by atoms with E-state index in [4.69, 9.17) is 9.47 Å². The number of amides is 1. The molecule has 0 saturated heterocycles. The van der Waals surface area contributed by atoms with E-state index in [1.807, 2.05) is 30.3 Å². The molecule has 5 heteroatoms. The van der Waals surface area contributed by atoms with Gasteiger partial charge in [-0.25, -0.2) is 0 Å². The van der Waals surface area contributed by atoms with Crippen LogP contribution in [-0.2, 0) is 20.9 Å². The number of rotatable bonds is 10. The normalized spacial score (nSPS) is 12.1. The van der Waals surface area contributed by atoms with Crippen LogP contribution in [0.25, 0.3) is 0 Å². The first-order valence-corrected chi connectivity index (χ1v) is 8.05. The lowest BCUT2D eigenvalue weighted by atomic mass is 10.2. The van der Waals surface area contributed by atoms with Crippen LogP contribution in [0.4, 0.5) is 0 Å². The summed E-state index contributed by atoms with van der Waals surface area (Å²) in [6, 6.07) is 9.81. The first-order valence-electron chi connectivity index (χ1n) is 6.66. The average molecular weight is 297 g/mol. The molecule has 0 bridgehead atoms. The summed E-state index contributed by atoms with van der Waals surface area (Å²) < 4.78 is 10.7. The molecule has 112 valence electrons. The number of hydrogen-bond acceptors (Lipinski definition) is 4. The Morgan fingerprint density at radius 2 is 2.10 bits per heavy atom. The standard InChI is InChI=1S/C15H23NO3S/c1-18-14(8-9-20-2)10-16-15(17)12-19-11-13-6-4-3-5-7-13/h3-7,14H,8-12H2,1-2H3,(H,16,17). The highest BCUT2D eigenvalue weighted by molar-refractivity contribution is 7.98. The highest BCUT2D eigenvalue weighted by Gasteiger charge is 2.09. The molecule has 1 rings (SSSR count). The van der Waals surface area contributed by atoms with Gasteiger partial charge < -0.3 is 14.8 Å². The Morgan fingerprint density at radius 1 is 1.35 bits per heavy atom. The fourth-order valence-corrected chi connectivity index (χ4v) is 2.17. The molecule has 0 aromatic heterocycles. The predicted octanol–water partition coefficient (Wildman–Crippen LogP) is 2.09. The quantitative estimate of drug-likeness (QED) is 0.718. The van der Waals surface area contributed by atoms with Crippen molar-refractivity contribution in [3.8, 4) is 0 Å². The minimum absolute atomic E-state index is 0.0699. The predicted molar refractivity (Wildman–Crippen MR) is 82.9 cm³/mol. The van der Waals surface area contributed by atoms with Gasteiger partial charge in [-0.15, -0.1) is 0 Å². The number of carbonyl (C=O) groups is 1. The number of ether oxygens (including phenoxy) is 2. The second-order valence-electron chi connectivity index (χ2n) is 4.42. The second-order valence-corrected chi connectivity index (χ2v) is 5.41. The molecule has 1 aromatic carbocycles. The van der Waals surface area contributed by atoms with E-state index in [0.717, 1.165) is 17.7 Å². The summed E-state index contributed by atoms with van der Waals surface area (Å²) >= 11 is 1.77. The molecular weight excluding hydrogens is 274 g/mol. The lowest BCUT2D eigenvalue weighted by Crippen LogP contribution is -2.35. The molecule has 0 aliphatic rings. The molecule has 0 radical (unpaired) electrons. The summed E-state index contributed by atoms with van der Waals surface area (Å²) in [5, 5.41) is 2.83. The van der Waals surface area contributed by atoms with Crippen LogP contribution in [0, 0.1) is 0 Å². The van der Waals surface area contributed by atoms with Gasteiger partial charge in [-0.2, -0.15) is 11.8 Å². The van der Waals surface area contributed by atoms with E-state index in [1.54, 1.807) is 18.9 Å². The van der Waals surface area contributed by atoms with Crippen LogP contribution >= 0.6 is 11.8 Å². The second kappa shape index (κ2) is 10.7. The van der Waals surface area contributed by atoms with Gasteiger partial charge in [0.05, 0.1) is 12.7 Å². The van der Waals surface area contributed by atoms with Crippen LogP contribution in [0.2, 0.25) is 0 Å². The van der Waals surface area contributed by atoms with Crippen molar-refractivity contribution >= 4 is 17.7 Å². The number of thioether (sulfide) groups is 1. The molecule has 0 aliphatic carbocycles. The zero-order chi connectivity index (χ0) is 14.6. The Morgan fingerprint density at radius 3 is 2.75 bits per heavy atom.